The van der Waals surface area contributed by atoms with E-state index in [4.69, 9.17) is 14.4 Å². The lowest BCUT2D eigenvalue weighted by atomic mass is 9.94. The molecular formula is C46H28N2OS. The smallest absolute Gasteiger partial charge is 0.160 e. The van der Waals surface area contributed by atoms with Crippen LogP contribution in [-0.4, -0.2) is 9.97 Å². The molecule has 0 aliphatic heterocycles. The molecule has 0 spiro atoms. The Morgan fingerprint density at radius 2 is 1.02 bits per heavy atom. The summed E-state index contributed by atoms with van der Waals surface area (Å²) in [5.41, 5.74) is 10.8. The fraction of sp³-hybridized carbons (Fsp3) is 0. The summed E-state index contributed by atoms with van der Waals surface area (Å²) in [6, 6.07) is 59.5. The second-order valence-corrected chi connectivity index (χ2v) is 13.6. The van der Waals surface area contributed by atoms with Crippen LogP contribution in [0.15, 0.2) is 174 Å². The lowest BCUT2D eigenvalue weighted by molar-refractivity contribution is 0.670. The van der Waals surface area contributed by atoms with Crippen LogP contribution in [0.4, 0.5) is 0 Å². The summed E-state index contributed by atoms with van der Waals surface area (Å²) in [7, 11) is 0. The maximum Gasteiger partial charge on any atom is 0.160 e. The first-order valence-corrected chi connectivity index (χ1v) is 17.6. The number of fused-ring (bicyclic) bond motifs is 6. The van der Waals surface area contributed by atoms with Crippen molar-refractivity contribution in [3.8, 4) is 56.2 Å². The minimum atomic E-state index is 0.670. The van der Waals surface area contributed by atoms with E-state index in [0.717, 1.165) is 72.3 Å². The van der Waals surface area contributed by atoms with Crippen molar-refractivity contribution >= 4 is 53.4 Å². The molecule has 0 unspecified atom stereocenters. The fourth-order valence-electron chi connectivity index (χ4n) is 7.18. The number of thiophene rings is 1. The molecule has 0 aliphatic rings. The molecule has 0 bridgehead atoms. The lowest BCUT2D eigenvalue weighted by Crippen LogP contribution is -1.97. The van der Waals surface area contributed by atoms with E-state index in [9.17, 15) is 0 Å². The second-order valence-electron chi connectivity index (χ2n) is 12.5. The first-order chi connectivity index (χ1) is 24.8. The van der Waals surface area contributed by atoms with Crippen LogP contribution in [0.5, 0.6) is 0 Å². The van der Waals surface area contributed by atoms with E-state index in [-0.39, 0.29) is 0 Å². The number of benzene rings is 7. The van der Waals surface area contributed by atoms with Gasteiger partial charge in [0.15, 0.2) is 5.82 Å². The third-order valence-electron chi connectivity index (χ3n) is 9.54. The minimum Gasteiger partial charge on any atom is -0.455 e. The van der Waals surface area contributed by atoms with Gasteiger partial charge in [0.1, 0.15) is 11.2 Å². The van der Waals surface area contributed by atoms with Gasteiger partial charge in [-0.05, 0) is 58.7 Å². The third kappa shape index (κ3) is 4.73. The highest BCUT2D eigenvalue weighted by molar-refractivity contribution is 7.25. The number of para-hydroxylation sites is 1. The van der Waals surface area contributed by atoms with E-state index in [0.29, 0.717) is 5.82 Å². The number of aromatic nitrogens is 2. The molecule has 234 valence electrons. The van der Waals surface area contributed by atoms with Crippen molar-refractivity contribution in [1.82, 2.24) is 9.97 Å². The molecule has 0 atom stereocenters. The lowest BCUT2D eigenvalue weighted by Gasteiger charge is -2.14. The zero-order chi connectivity index (χ0) is 33.0. The van der Waals surface area contributed by atoms with Crippen molar-refractivity contribution in [2.24, 2.45) is 0 Å². The SMILES string of the molecule is c1ccc(-c2nc(-c3ccccc3-c3ccccc3)cc(-c3ccc(-c4ccc5sc6ccccc6c5c4)c4c3oc3ccccc34)n2)cc1. The van der Waals surface area contributed by atoms with Crippen LogP contribution in [-0.2, 0) is 0 Å². The Kier molecular flexibility index (Phi) is 6.68. The number of hydrogen-bond acceptors (Lipinski definition) is 4. The van der Waals surface area contributed by atoms with Crippen LogP contribution in [0.3, 0.4) is 0 Å². The standard InChI is InChI=1S/C46H28N2OS/c1-3-13-29(14-4-1)32-17-7-8-18-34(32)39-28-40(48-46(47-39)30-15-5-2-6-16-30)36-25-24-33(44-37-20-9-11-21-41(37)49-45(36)44)31-23-26-43-38(27-31)35-19-10-12-22-42(35)50-43/h1-28H. The van der Waals surface area contributed by atoms with Crippen molar-refractivity contribution in [2.75, 3.05) is 0 Å². The van der Waals surface area contributed by atoms with Crippen LogP contribution in [0.2, 0.25) is 0 Å². The first-order valence-electron chi connectivity index (χ1n) is 16.7. The number of rotatable bonds is 5. The molecule has 3 nitrogen and oxygen atoms in total. The van der Waals surface area contributed by atoms with Gasteiger partial charge in [-0.2, -0.15) is 0 Å². The zero-order valence-corrected chi connectivity index (χ0v) is 27.7. The maximum absolute atomic E-state index is 6.77. The van der Waals surface area contributed by atoms with Gasteiger partial charge in [-0.3, -0.25) is 0 Å². The Morgan fingerprint density at radius 3 is 1.84 bits per heavy atom. The molecule has 0 saturated heterocycles. The van der Waals surface area contributed by atoms with Gasteiger partial charge < -0.3 is 4.42 Å². The molecule has 4 heteroatoms. The van der Waals surface area contributed by atoms with Gasteiger partial charge in [-0.15, -0.1) is 11.3 Å². The van der Waals surface area contributed by atoms with Crippen LogP contribution >= 0.6 is 11.3 Å². The minimum absolute atomic E-state index is 0.670. The molecule has 10 aromatic rings. The molecule has 0 N–H and O–H groups in total. The highest BCUT2D eigenvalue weighted by atomic mass is 32.1. The van der Waals surface area contributed by atoms with Gasteiger partial charge in [0.05, 0.1) is 11.4 Å². The van der Waals surface area contributed by atoms with Gasteiger partial charge in [0, 0.05) is 47.6 Å². The summed E-state index contributed by atoms with van der Waals surface area (Å²) in [5.74, 6) is 0.670. The van der Waals surface area contributed by atoms with Gasteiger partial charge in [0.2, 0.25) is 0 Å². The Bertz CT molecular complexity index is 2870. The number of nitrogens with zero attached hydrogens (tertiary/aromatic N) is 2. The number of furan rings is 1. The summed E-state index contributed by atoms with van der Waals surface area (Å²) in [4.78, 5) is 10.4. The topological polar surface area (TPSA) is 38.9 Å². The quantitative estimate of drug-likeness (QED) is 0.185. The maximum atomic E-state index is 6.77. The van der Waals surface area contributed by atoms with Crippen molar-refractivity contribution in [3.05, 3.63) is 170 Å². The van der Waals surface area contributed by atoms with E-state index in [1.807, 2.05) is 41.7 Å². The van der Waals surface area contributed by atoms with Gasteiger partial charge in [-0.1, -0.05) is 133 Å². The molecule has 50 heavy (non-hydrogen) atoms. The van der Waals surface area contributed by atoms with Crippen molar-refractivity contribution in [1.29, 1.82) is 0 Å². The average Bonchev–Trinajstić information content (AvgIpc) is 3.77. The van der Waals surface area contributed by atoms with E-state index < -0.39 is 0 Å². The molecule has 10 rings (SSSR count). The molecule has 7 aromatic carbocycles. The summed E-state index contributed by atoms with van der Waals surface area (Å²) >= 11 is 1.84. The average molecular weight is 657 g/mol. The van der Waals surface area contributed by atoms with E-state index in [1.165, 1.54) is 20.2 Å². The molecule has 0 saturated carbocycles. The first kappa shape index (κ1) is 28.6. The van der Waals surface area contributed by atoms with Gasteiger partial charge in [0.25, 0.3) is 0 Å². The Hall–Kier alpha value is -6.36. The molecule has 3 heterocycles. The summed E-state index contributed by atoms with van der Waals surface area (Å²) < 4.78 is 9.36. The number of hydrogen-bond donors (Lipinski definition) is 0. The van der Waals surface area contributed by atoms with E-state index in [2.05, 4.69) is 140 Å². The summed E-state index contributed by atoms with van der Waals surface area (Å²) in [6.45, 7) is 0. The van der Waals surface area contributed by atoms with Crippen LogP contribution in [0.1, 0.15) is 0 Å². The van der Waals surface area contributed by atoms with Crippen molar-refractivity contribution in [3.63, 3.8) is 0 Å². The molecule has 0 fully saturated rings. The molecule has 0 radical (unpaired) electrons. The highest BCUT2D eigenvalue weighted by Crippen LogP contribution is 2.44. The van der Waals surface area contributed by atoms with E-state index >= 15 is 0 Å². The highest BCUT2D eigenvalue weighted by Gasteiger charge is 2.21. The van der Waals surface area contributed by atoms with E-state index in [1.54, 1.807) is 0 Å². The Labute approximate surface area is 292 Å². The summed E-state index contributed by atoms with van der Waals surface area (Å²) in [5, 5.41) is 4.74. The molecular weight excluding hydrogens is 629 g/mol. The van der Waals surface area contributed by atoms with Gasteiger partial charge >= 0.3 is 0 Å². The van der Waals surface area contributed by atoms with Crippen molar-refractivity contribution in [2.45, 2.75) is 0 Å². The zero-order valence-electron chi connectivity index (χ0n) is 26.9. The molecule has 0 amide bonds. The van der Waals surface area contributed by atoms with Crippen LogP contribution in [0.25, 0.3) is 98.3 Å². The fourth-order valence-corrected chi connectivity index (χ4v) is 8.27. The second kappa shape index (κ2) is 11.7. The summed E-state index contributed by atoms with van der Waals surface area (Å²) in [6.07, 6.45) is 0. The Morgan fingerprint density at radius 1 is 0.400 bits per heavy atom. The predicted molar refractivity (Wildman–Crippen MR) is 209 cm³/mol. The Balaban J connectivity index is 1.23. The molecule has 3 aromatic heterocycles. The molecule has 0 aliphatic carbocycles. The largest absolute Gasteiger partial charge is 0.455 e. The van der Waals surface area contributed by atoms with Crippen molar-refractivity contribution < 1.29 is 4.42 Å². The van der Waals surface area contributed by atoms with Crippen LogP contribution in [0, 0.1) is 0 Å². The monoisotopic (exact) mass is 656 g/mol. The normalized spacial score (nSPS) is 11.6. The predicted octanol–water partition coefficient (Wildman–Crippen LogP) is 13.1. The van der Waals surface area contributed by atoms with Crippen LogP contribution < -0.4 is 0 Å². The third-order valence-corrected chi connectivity index (χ3v) is 10.7. The van der Waals surface area contributed by atoms with Gasteiger partial charge in [-0.25, -0.2) is 9.97 Å².